The van der Waals surface area contributed by atoms with Crippen LogP contribution in [0.15, 0.2) is 23.5 Å². The van der Waals surface area contributed by atoms with Crippen molar-refractivity contribution in [2.24, 2.45) is 11.8 Å². The highest BCUT2D eigenvalue weighted by Gasteiger charge is 2.52. The van der Waals surface area contributed by atoms with Crippen LogP contribution in [-0.4, -0.2) is 99.5 Å². The largest absolute Gasteiger partial charge is 0.471 e. The number of ether oxygens (including phenoxy) is 4. The van der Waals surface area contributed by atoms with E-state index >= 15 is 0 Å². The summed E-state index contributed by atoms with van der Waals surface area (Å²) in [5.41, 5.74) is 0.421. The number of hydrogen-bond donors (Lipinski definition) is 6. The highest BCUT2D eigenvalue weighted by atomic mass is 16.8. The molecule has 2 heterocycles. The van der Waals surface area contributed by atoms with E-state index in [1.807, 2.05) is 0 Å². The molecule has 0 amide bonds. The van der Waals surface area contributed by atoms with Gasteiger partial charge in [-0.25, -0.2) is 4.79 Å². The fraction of sp³-hybridized carbons (Fsp3) is 0.722. The van der Waals surface area contributed by atoms with E-state index in [1.165, 1.54) is 6.08 Å². The molecule has 0 radical (unpaired) electrons. The van der Waals surface area contributed by atoms with Crippen LogP contribution in [0, 0.1) is 11.8 Å². The summed E-state index contributed by atoms with van der Waals surface area (Å²) in [7, 11) is 0. The van der Waals surface area contributed by atoms with Gasteiger partial charge in [0.1, 0.15) is 24.4 Å². The van der Waals surface area contributed by atoms with Crippen LogP contribution >= 0.6 is 0 Å². The van der Waals surface area contributed by atoms with Crippen LogP contribution in [0.4, 0.5) is 0 Å². The van der Waals surface area contributed by atoms with Gasteiger partial charge in [0.05, 0.1) is 43.7 Å². The van der Waals surface area contributed by atoms with E-state index in [9.17, 15) is 35.4 Å². The maximum Gasteiger partial charge on any atom is 0.337 e. The average Bonchev–Trinajstić information content (AvgIpc) is 3.05. The van der Waals surface area contributed by atoms with Crippen LogP contribution in [0.5, 0.6) is 0 Å². The van der Waals surface area contributed by atoms with E-state index in [0.29, 0.717) is 5.57 Å². The third kappa shape index (κ3) is 4.05. The van der Waals surface area contributed by atoms with Crippen LogP contribution in [0.1, 0.15) is 6.92 Å². The summed E-state index contributed by atoms with van der Waals surface area (Å²) in [6.45, 7) is 0.684. The van der Waals surface area contributed by atoms with Gasteiger partial charge in [0, 0.05) is 5.92 Å². The van der Waals surface area contributed by atoms with Crippen LogP contribution in [-0.2, 0) is 23.7 Å². The molecule has 0 spiro atoms. The van der Waals surface area contributed by atoms with Crippen molar-refractivity contribution in [2.75, 3.05) is 19.8 Å². The second kappa shape index (κ2) is 9.06. The topological polar surface area (TPSA) is 175 Å². The van der Waals surface area contributed by atoms with Gasteiger partial charge in [-0.3, -0.25) is 0 Å². The minimum absolute atomic E-state index is 0.0673. The summed E-state index contributed by atoms with van der Waals surface area (Å²) in [5.74, 6) is -2.30. The highest BCUT2D eigenvalue weighted by Crippen LogP contribution is 2.44. The van der Waals surface area contributed by atoms with Gasteiger partial charge in [0.15, 0.2) is 6.29 Å². The van der Waals surface area contributed by atoms with Crippen LogP contribution in [0.25, 0.3) is 0 Å². The van der Waals surface area contributed by atoms with Crippen molar-refractivity contribution in [3.8, 4) is 0 Å². The van der Waals surface area contributed by atoms with Gasteiger partial charge in [0.25, 0.3) is 0 Å². The number of carbonyl (C=O) groups excluding carboxylic acids is 1. The lowest BCUT2D eigenvalue weighted by atomic mass is 9.82. The summed E-state index contributed by atoms with van der Waals surface area (Å²) >= 11 is 0. The van der Waals surface area contributed by atoms with Crippen molar-refractivity contribution < 1.29 is 54.4 Å². The number of aliphatic hydroxyl groups excluding tert-OH is 6. The van der Waals surface area contributed by atoms with Crippen molar-refractivity contribution >= 4 is 5.97 Å². The van der Waals surface area contributed by atoms with Crippen molar-refractivity contribution in [3.63, 3.8) is 0 Å². The first-order valence-electron chi connectivity index (χ1n) is 9.32. The number of esters is 1. The van der Waals surface area contributed by atoms with E-state index in [1.54, 1.807) is 6.92 Å². The maximum absolute atomic E-state index is 12.2. The van der Waals surface area contributed by atoms with E-state index < -0.39 is 74.1 Å². The molecule has 0 aromatic heterocycles. The predicted molar refractivity (Wildman–Crippen MR) is 92.6 cm³/mol. The van der Waals surface area contributed by atoms with E-state index in [2.05, 4.69) is 0 Å². The van der Waals surface area contributed by atoms with Gasteiger partial charge in [-0.05, 0) is 12.5 Å². The Morgan fingerprint density at radius 3 is 2.41 bits per heavy atom. The first-order valence-corrected chi connectivity index (χ1v) is 9.32. The van der Waals surface area contributed by atoms with Gasteiger partial charge in [-0.15, -0.1) is 0 Å². The SMILES string of the molecule is CCOC(=O)C1=COC(OC2OC(CO)C(O)C(O)C2O)C2C(CO)=CC(O)C12. The zero-order valence-electron chi connectivity index (χ0n) is 15.7. The smallest absolute Gasteiger partial charge is 0.337 e. The summed E-state index contributed by atoms with van der Waals surface area (Å²) in [6, 6.07) is 0. The Morgan fingerprint density at radius 1 is 1.07 bits per heavy atom. The van der Waals surface area contributed by atoms with E-state index in [0.717, 1.165) is 6.26 Å². The zero-order chi connectivity index (χ0) is 21.3. The number of aliphatic hydroxyl groups is 6. The first kappa shape index (κ1) is 22.1. The monoisotopic (exact) mass is 418 g/mol. The average molecular weight is 418 g/mol. The highest BCUT2D eigenvalue weighted by molar-refractivity contribution is 5.89. The number of rotatable bonds is 6. The molecule has 9 atom stereocenters. The lowest BCUT2D eigenvalue weighted by molar-refractivity contribution is -0.340. The van der Waals surface area contributed by atoms with Crippen molar-refractivity contribution in [1.82, 2.24) is 0 Å². The summed E-state index contributed by atoms with van der Waals surface area (Å²) in [6.07, 6.45) is -7.33. The molecule has 0 saturated carbocycles. The number of fused-ring (bicyclic) bond motifs is 1. The normalized spacial score (nSPS) is 41.8. The van der Waals surface area contributed by atoms with Gasteiger partial charge in [0.2, 0.25) is 6.29 Å². The Balaban J connectivity index is 1.84. The maximum atomic E-state index is 12.2. The molecule has 1 aliphatic carbocycles. The molecule has 1 saturated heterocycles. The molecule has 11 heteroatoms. The van der Waals surface area contributed by atoms with E-state index in [4.69, 9.17) is 18.9 Å². The van der Waals surface area contributed by atoms with Crippen molar-refractivity contribution in [1.29, 1.82) is 0 Å². The van der Waals surface area contributed by atoms with Crippen molar-refractivity contribution in [3.05, 3.63) is 23.5 Å². The molecule has 0 bridgehead atoms. The minimum atomic E-state index is -1.65. The molecular weight excluding hydrogens is 392 g/mol. The molecule has 164 valence electrons. The summed E-state index contributed by atoms with van der Waals surface area (Å²) in [4.78, 5) is 12.2. The molecule has 3 aliphatic rings. The van der Waals surface area contributed by atoms with Gasteiger partial charge >= 0.3 is 5.97 Å². The molecule has 29 heavy (non-hydrogen) atoms. The van der Waals surface area contributed by atoms with Gasteiger partial charge < -0.3 is 49.6 Å². The Bertz CT molecular complexity index is 660. The minimum Gasteiger partial charge on any atom is -0.471 e. The lowest BCUT2D eigenvalue weighted by Gasteiger charge is -2.43. The molecule has 3 rings (SSSR count). The number of carbonyl (C=O) groups is 1. The third-order valence-electron chi connectivity index (χ3n) is 5.36. The molecule has 11 nitrogen and oxygen atoms in total. The van der Waals surface area contributed by atoms with Crippen LogP contribution < -0.4 is 0 Å². The summed E-state index contributed by atoms with van der Waals surface area (Å²) in [5, 5.41) is 59.4. The molecule has 9 unspecified atom stereocenters. The summed E-state index contributed by atoms with van der Waals surface area (Å²) < 4.78 is 21.4. The van der Waals surface area contributed by atoms with Crippen LogP contribution in [0.2, 0.25) is 0 Å². The number of hydrogen-bond acceptors (Lipinski definition) is 11. The van der Waals surface area contributed by atoms with Crippen molar-refractivity contribution in [2.45, 2.75) is 50.0 Å². The Morgan fingerprint density at radius 2 is 1.79 bits per heavy atom. The molecule has 2 aliphatic heterocycles. The molecule has 0 aromatic rings. The van der Waals surface area contributed by atoms with Gasteiger partial charge in [-0.1, -0.05) is 6.08 Å². The molecule has 0 aromatic carbocycles. The molecule has 6 N–H and O–H groups in total. The second-order valence-electron chi connectivity index (χ2n) is 7.07. The fourth-order valence-corrected chi connectivity index (χ4v) is 3.89. The quantitative estimate of drug-likeness (QED) is 0.193. The van der Waals surface area contributed by atoms with Gasteiger partial charge in [-0.2, -0.15) is 0 Å². The standard InChI is InChI=1S/C18H26O11/c1-2-26-16(25)8-6-27-17(11-7(4-19)3-9(21)12(8)11)29-18-15(24)14(23)13(22)10(5-20)28-18/h3,6,9-15,17-24H,2,4-5H2,1H3. The lowest BCUT2D eigenvalue weighted by Crippen LogP contribution is -2.60. The molecule has 1 fully saturated rings. The zero-order valence-corrected chi connectivity index (χ0v) is 15.7. The first-order chi connectivity index (χ1) is 13.8. The van der Waals surface area contributed by atoms with Crippen LogP contribution in [0.3, 0.4) is 0 Å². The third-order valence-corrected chi connectivity index (χ3v) is 5.36. The fourth-order valence-electron chi connectivity index (χ4n) is 3.89. The predicted octanol–water partition coefficient (Wildman–Crippen LogP) is -2.87. The Labute approximate surface area is 166 Å². The molecular formula is C18H26O11. The van der Waals surface area contributed by atoms with E-state index in [-0.39, 0.29) is 12.2 Å². The second-order valence-corrected chi connectivity index (χ2v) is 7.07. The Kier molecular flexibility index (Phi) is 6.91. The Hall–Kier alpha value is -1.57.